The van der Waals surface area contributed by atoms with Crippen molar-refractivity contribution in [2.24, 2.45) is 11.5 Å². The second-order valence-electron chi connectivity index (χ2n) is 2.72. The molecule has 1 fully saturated rings. The monoisotopic (exact) mass is 126 g/mol. The number of rotatable bonds is 0. The molecular weight excluding hydrogens is 112 g/mol. The van der Waals surface area contributed by atoms with Crippen molar-refractivity contribution < 1.29 is 0 Å². The summed E-state index contributed by atoms with van der Waals surface area (Å²) in [4.78, 5) is 0. The van der Waals surface area contributed by atoms with Gasteiger partial charge in [-0.05, 0) is 24.8 Å². The lowest BCUT2D eigenvalue weighted by Crippen LogP contribution is -2.38. The summed E-state index contributed by atoms with van der Waals surface area (Å²) in [5.41, 5.74) is 12.4. The van der Waals surface area contributed by atoms with Gasteiger partial charge in [-0.25, -0.2) is 0 Å². The van der Waals surface area contributed by atoms with Gasteiger partial charge in [-0.1, -0.05) is 6.58 Å². The van der Waals surface area contributed by atoms with Crippen LogP contribution < -0.4 is 11.5 Å². The van der Waals surface area contributed by atoms with Crippen LogP contribution in [-0.4, -0.2) is 12.1 Å². The topological polar surface area (TPSA) is 52.0 Å². The zero-order valence-corrected chi connectivity index (χ0v) is 5.64. The van der Waals surface area contributed by atoms with Gasteiger partial charge in [-0.2, -0.15) is 0 Å². The summed E-state index contributed by atoms with van der Waals surface area (Å²) in [5, 5.41) is 0. The third-order valence-electron chi connectivity index (χ3n) is 1.98. The molecule has 0 amide bonds. The van der Waals surface area contributed by atoms with Crippen LogP contribution >= 0.6 is 0 Å². The molecule has 2 nitrogen and oxygen atoms in total. The zero-order chi connectivity index (χ0) is 6.85. The Balaban J connectivity index is 2.52. The lowest BCUT2D eigenvalue weighted by Gasteiger charge is -2.26. The highest BCUT2D eigenvalue weighted by atomic mass is 14.7. The van der Waals surface area contributed by atoms with Gasteiger partial charge in [0.15, 0.2) is 0 Å². The molecule has 9 heavy (non-hydrogen) atoms. The minimum absolute atomic E-state index is 0.161. The molecule has 1 aliphatic rings. The molecule has 0 heterocycles. The van der Waals surface area contributed by atoms with Crippen LogP contribution in [0, 0.1) is 0 Å². The molecule has 1 saturated carbocycles. The Morgan fingerprint density at radius 1 is 1.22 bits per heavy atom. The predicted molar refractivity (Wildman–Crippen MR) is 38.9 cm³/mol. The van der Waals surface area contributed by atoms with E-state index in [0.29, 0.717) is 0 Å². The smallest absolute Gasteiger partial charge is 0.0266 e. The van der Waals surface area contributed by atoms with E-state index in [0.717, 1.165) is 24.8 Å². The molecule has 0 aromatic rings. The van der Waals surface area contributed by atoms with Crippen LogP contribution in [0.1, 0.15) is 19.3 Å². The Morgan fingerprint density at radius 3 is 2.00 bits per heavy atom. The van der Waals surface area contributed by atoms with E-state index in [4.69, 9.17) is 11.5 Å². The summed E-state index contributed by atoms with van der Waals surface area (Å²) >= 11 is 0. The second-order valence-corrected chi connectivity index (χ2v) is 2.72. The Labute approximate surface area is 55.9 Å². The summed E-state index contributed by atoms with van der Waals surface area (Å²) in [7, 11) is 0. The fraction of sp³-hybridized carbons (Fsp3) is 0.714. The van der Waals surface area contributed by atoms with Crippen molar-refractivity contribution in [3.05, 3.63) is 12.2 Å². The molecule has 1 rings (SSSR count). The van der Waals surface area contributed by atoms with Crippen molar-refractivity contribution in [3.63, 3.8) is 0 Å². The van der Waals surface area contributed by atoms with Crippen molar-refractivity contribution in [2.45, 2.75) is 31.3 Å². The highest BCUT2D eigenvalue weighted by Crippen LogP contribution is 2.19. The average molecular weight is 126 g/mol. The molecule has 0 saturated heterocycles. The first-order valence-electron chi connectivity index (χ1n) is 3.41. The normalized spacial score (nSPS) is 36.9. The van der Waals surface area contributed by atoms with Crippen LogP contribution in [0.25, 0.3) is 0 Å². The zero-order valence-electron chi connectivity index (χ0n) is 5.64. The largest absolute Gasteiger partial charge is 0.324 e. The maximum absolute atomic E-state index is 5.69. The molecule has 2 heteroatoms. The first-order chi connectivity index (χ1) is 4.22. The lowest BCUT2D eigenvalue weighted by molar-refractivity contribution is 0.490. The molecule has 2 atom stereocenters. The maximum atomic E-state index is 5.69. The van der Waals surface area contributed by atoms with Gasteiger partial charge in [0.2, 0.25) is 0 Å². The fourth-order valence-corrected chi connectivity index (χ4v) is 1.20. The summed E-state index contributed by atoms with van der Waals surface area (Å²) < 4.78 is 0. The maximum Gasteiger partial charge on any atom is 0.0266 e. The molecule has 1 aliphatic carbocycles. The van der Waals surface area contributed by atoms with E-state index in [1.165, 1.54) is 0 Å². The minimum Gasteiger partial charge on any atom is -0.324 e. The van der Waals surface area contributed by atoms with Gasteiger partial charge in [-0.3, -0.25) is 0 Å². The summed E-state index contributed by atoms with van der Waals surface area (Å²) in [5.74, 6) is 0. The molecule has 2 unspecified atom stereocenters. The van der Waals surface area contributed by atoms with Crippen molar-refractivity contribution >= 4 is 0 Å². The van der Waals surface area contributed by atoms with Gasteiger partial charge in [0.25, 0.3) is 0 Å². The van der Waals surface area contributed by atoms with Gasteiger partial charge < -0.3 is 11.5 Å². The van der Waals surface area contributed by atoms with Crippen LogP contribution in [0.4, 0.5) is 0 Å². The highest BCUT2D eigenvalue weighted by molar-refractivity contribution is 5.14. The summed E-state index contributed by atoms with van der Waals surface area (Å²) in [6.45, 7) is 3.83. The average Bonchev–Trinajstić information content (AvgIpc) is 1.83. The number of nitrogens with two attached hydrogens (primary N) is 2. The quantitative estimate of drug-likeness (QED) is 0.461. The lowest BCUT2D eigenvalue weighted by atomic mass is 9.88. The van der Waals surface area contributed by atoms with E-state index >= 15 is 0 Å². The molecule has 52 valence electrons. The fourth-order valence-electron chi connectivity index (χ4n) is 1.20. The molecular formula is C7H14N2. The summed E-state index contributed by atoms with van der Waals surface area (Å²) in [6.07, 6.45) is 3.28. The minimum atomic E-state index is 0.161. The van der Waals surface area contributed by atoms with Crippen LogP contribution in [-0.2, 0) is 0 Å². The van der Waals surface area contributed by atoms with Crippen LogP contribution in [0.5, 0.6) is 0 Å². The van der Waals surface area contributed by atoms with Crippen molar-refractivity contribution in [3.8, 4) is 0 Å². The summed E-state index contributed by atoms with van der Waals surface area (Å²) in [6, 6.07) is 0.322. The van der Waals surface area contributed by atoms with E-state index in [1.807, 2.05) is 0 Å². The van der Waals surface area contributed by atoms with Gasteiger partial charge in [-0.15, -0.1) is 0 Å². The molecule has 4 N–H and O–H groups in total. The SMILES string of the molecule is C=C1C(N)CCCC1N. The number of hydrogen-bond acceptors (Lipinski definition) is 2. The van der Waals surface area contributed by atoms with Crippen molar-refractivity contribution in [1.29, 1.82) is 0 Å². The predicted octanol–water partition coefficient (Wildman–Crippen LogP) is 0.381. The van der Waals surface area contributed by atoms with E-state index in [1.54, 1.807) is 0 Å². The van der Waals surface area contributed by atoms with Crippen LogP contribution in [0.2, 0.25) is 0 Å². The molecule has 0 aromatic carbocycles. The van der Waals surface area contributed by atoms with E-state index < -0.39 is 0 Å². The molecule has 0 aliphatic heterocycles. The molecule has 0 aromatic heterocycles. The third kappa shape index (κ3) is 1.32. The third-order valence-corrected chi connectivity index (χ3v) is 1.98. The second kappa shape index (κ2) is 2.50. The van der Waals surface area contributed by atoms with Crippen molar-refractivity contribution in [2.75, 3.05) is 0 Å². The highest BCUT2D eigenvalue weighted by Gasteiger charge is 2.19. The Hall–Kier alpha value is -0.340. The Kier molecular flexibility index (Phi) is 1.88. The van der Waals surface area contributed by atoms with E-state index in [9.17, 15) is 0 Å². The van der Waals surface area contributed by atoms with E-state index in [2.05, 4.69) is 6.58 Å². The van der Waals surface area contributed by atoms with Gasteiger partial charge in [0, 0.05) is 12.1 Å². The van der Waals surface area contributed by atoms with Gasteiger partial charge >= 0.3 is 0 Å². The Morgan fingerprint density at radius 2 is 1.67 bits per heavy atom. The number of hydrogen-bond donors (Lipinski definition) is 2. The standard InChI is InChI=1S/C7H14N2/c1-5-6(8)3-2-4-7(5)9/h6-7H,1-4,8-9H2. The van der Waals surface area contributed by atoms with Crippen molar-refractivity contribution in [1.82, 2.24) is 0 Å². The molecule has 0 bridgehead atoms. The van der Waals surface area contributed by atoms with E-state index in [-0.39, 0.29) is 12.1 Å². The Bertz CT molecular complexity index is 108. The first kappa shape index (κ1) is 6.78. The van der Waals surface area contributed by atoms with Gasteiger partial charge in [0.05, 0.1) is 0 Å². The first-order valence-corrected chi connectivity index (χ1v) is 3.41. The molecule has 0 radical (unpaired) electrons. The van der Waals surface area contributed by atoms with Crippen LogP contribution in [0.15, 0.2) is 12.2 Å². The van der Waals surface area contributed by atoms with Crippen LogP contribution in [0.3, 0.4) is 0 Å². The van der Waals surface area contributed by atoms with Gasteiger partial charge in [0.1, 0.15) is 0 Å². The molecule has 0 spiro atoms.